The molecule has 0 spiro atoms. The van der Waals surface area contributed by atoms with Crippen LogP contribution in [0.15, 0.2) is 35.9 Å². The van der Waals surface area contributed by atoms with Crippen molar-refractivity contribution < 1.29 is 19.3 Å². The number of ether oxygens (including phenoxy) is 3. The minimum Gasteiger partial charge on any atom is -0.496 e. The van der Waals surface area contributed by atoms with Crippen LogP contribution in [0.3, 0.4) is 0 Å². The van der Waals surface area contributed by atoms with E-state index in [0.29, 0.717) is 5.92 Å². The van der Waals surface area contributed by atoms with Crippen LogP contribution < -0.4 is 9.47 Å². The summed E-state index contributed by atoms with van der Waals surface area (Å²) in [5.41, 5.74) is 4.56. The normalized spacial score (nSPS) is 21.8. The van der Waals surface area contributed by atoms with E-state index >= 15 is 0 Å². The number of hydrogen-bond acceptors (Lipinski definition) is 5. The predicted octanol–water partition coefficient (Wildman–Crippen LogP) is 5.47. The van der Waals surface area contributed by atoms with Gasteiger partial charge in [-0.3, -0.25) is 4.90 Å². The van der Waals surface area contributed by atoms with E-state index < -0.39 is 0 Å². The van der Waals surface area contributed by atoms with E-state index in [4.69, 9.17) is 14.2 Å². The van der Waals surface area contributed by atoms with E-state index in [1.807, 2.05) is 0 Å². The number of unbranched alkanes of at least 4 members (excludes halogenated alkanes) is 1. The van der Waals surface area contributed by atoms with Crippen molar-refractivity contribution in [2.75, 3.05) is 53.7 Å². The van der Waals surface area contributed by atoms with Crippen LogP contribution in [0, 0.1) is 5.92 Å². The van der Waals surface area contributed by atoms with Crippen LogP contribution in [0.25, 0.3) is 0 Å². The number of nitrogens with zero attached hydrogens (tertiary/aromatic N) is 1. The average molecular weight is 472 g/mol. The minimum absolute atomic E-state index is 0.0104. The second-order valence-corrected chi connectivity index (χ2v) is 10.6. The molecule has 1 heterocycles. The third-order valence-electron chi connectivity index (χ3n) is 7.75. The Morgan fingerprint density at radius 1 is 1.15 bits per heavy atom. The van der Waals surface area contributed by atoms with Gasteiger partial charge in [0.05, 0.1) is 34.0 Å². The van der Waals surface area contributed by atoms with E-state index in [2.05, 4.69) is 50.5 Å². The Morgan fingerprint density at radius 2 is 1.79 bits per heavy atom. The number of allylic oxidation sites excluding steroid dienone is 2. The highest BCUT2D eigenvalue weighted by Crippen LogP contribution is 2.48. The van der Waals surface area contributed by atoms with Crippen LogP contribution in [0.2, 0.25) is 0 Å². The van der Waals surface area contributed by atoms with Crippen LogP contribution in [-0.2, 0) is 10.2 Å². The predicted molar refractivity (Wildman–Crippen MR) is 139 cm³/mol. The number of rotatable bonds is 11. The van der Waals surface area contributed by atoms with E-state index in [1.54, 1.807) is 14.2 Å². The van der Waals surface area contributed by atoms with Gasteiger partial charge in [-0.15, -0.1) is 0 Å². The molecule has 190 valence electrons. The maximum Gasteiger partial charge on any atom is 0.126 e. The zero-order valence-corrected chi connectivity index (χ0v) is 22.0. The number of benzene rings is 1. The van der Waals surface area contributed by atoms with E-state index in [9.17, 15) is 5.11 Å². The molecule has 5 nitrogen and oxygen atoms in total. The summed E-state index contributed by atoms with van der Waals surface area (Å²) in [4.78, 5) is 2.51. The fourth-order valence-corrected chi connectivity index (χ4v) is 5.47. The van der Waals surface area contributed by atoms with Gasteiger partial charge in [0.1, 0.15) is 11.5 Å². The van der Waals surface area contributed by atoms with Gasteiger partial charge in [-0.1, -0.05) is 38.5 Å². The van der Waals surface area contributed by atoms with Crippen LogP contribution in [0.5, 0.6) is 11.5 Å². The van der Waals surface area contributed by atoms with E-state index in [1.165, 1.54) is 18.4 Å². The number of aliphatic hydroxyl groups excluding tert-OH is 1. The highest BCUT2D eigenvalue weighted by atomic mass is 16.5. The Hall–Kier alpha value is -1.82. The summed E-state index contributed by atoms with van der Waals surface area (Å²) in [6.07, 6.45) is 7.58. The maximum atomic E-state index is 9.81. The highest BCUT2D eigenvalue weighted by Gasteiger charge is 2.33. The van der Waals surface area contributed by atoms with Gasteiger partial charge in [0.2, 0.25) is 0 Å². The van der Waals surface area contributed by atoms with Crippen LogP contribution >= 0.6 is 0 Å². The molecule has 1 saturated heterocycles. The van der Waals surface area contributed by atoms with Crippen molar-refractivity contribution in [2.24, 2.45) is 5.92 Å². The molecular weight excluding hydrogens is 426 g/mol. The smallest absolute Gasteiger partial charge is 0.126 e. The van der Waals surface area contributed by atoms with Crippen molar-refractivity contribution in [3.05, 3.63) is 47.1 Å². The molecule has 1 aromatic rings. The van der Waals surface area contributed by atoms with Gasteiger partial charge >= 0.3 is 0 Å². The zero-order chi connectivity index (χ0) is 24.7. The van der Waals surface area contributed by atoms with E-state index in [0.717, 1.165) is 80.3 Å². The van der Waals surface area contributed by atoms with Gasteiger partial charge < -0.3 is 19.3 Å². The lowest BCUT2D eigenvalue weighted by molar-refractivity contribution is 0.0370. The van der Waals surface area contributed by atoms with Crippen LogP contribution in [0.1, 0.15) is 69.9 Å². The topological polar surface area (TPSA) is 51.2 Å². The Kier molecular flexibility index (Phi) is 9.64. The van der Waals surface area contributed by atoms with Gasteiger partial charge in [0, 0.05) is 24.6 Å². The van der Waals surface area contributed by atoms with Crippen molar-refractivity contribution in [3.63, 3.8) is 0 Å². The molecular formula is C29H45NO4. The summed E-state index contributed by atoms with van der Waals surface area (Å²) >= 11 is 0. The largest absolute Gasteiger partial charge is 0.496 e. The third-order valence-corrected chi connectivity index (χ3v) is 7.75. The Bertz CT molecular complexity index is 829. The van der Waals surface area contributed by atoms with Crippen molar-refractivity contribution in [3.8, 4) is 11.5 Å². The van der Waals surface area contributed by atoms with Gasteiger partial charge in [0.25, 0.3) is 0 Å². The molecule has 2 aliphatic rings. The Labute approximate surface area is 206 Å². The lowest BCUT2D eigenvalue weighted by Gasteiger charge is -2.34. The second-order valence-electron chi connectivity index (χ2n) is 10.6. The van der Waals surface area contributed by atoms with E-state index in [-0.39, 0.29) is 17.9 Å². The summed E-state index contributed by atoms with van der Waals surface area (Å²) < 4.78 is 17.4. The molecule has 34 heavy (non-hydrogen) atoms. The monoisotopic (exact) mass is 471 g/mol. The summed E-state index contributed by atoms with van der Waals surface area (Å²) in [5, 5.41) is 9.81. The molecule has 1 aromatic carbocycles. The van der Waals surface area contributed by atoms with Gasteiger partial charge in [-0.25, -0.2) is 0 Å². The fourth-order valence-electron chi connectivity index (χ4n) is 5.47. The summed E-state index contributed by atoms with van der Waals surface area (Å²) in [7, 11) is 3.49. The first-order valence-corrected chi connectivity index (χ1v) is 12.8. The molecule has 1 N–H and O–H groups in total. The van der Waals surface area contributed by atoms with Crippen molar-refractivity contribution in [2.45, 2.75) is 64.2 Å². The summed E-state index contributed by atoms with van der Waals surface area (Å²) in [6, 6.07) is 4.41. The van der Waals surface area contributed by atoms with Gasteiger partial charge in [-0.05, 0) is 73.8 Å². The molecule has 0 unspecified atom stereocenters. The summed E-state index contributed by atoms with van der Waals surface area (Å²) in [5.74, 6) is 2.12. The molecule has 0 bridgehead atoms. The van der Waals surface area contributed by atoms with Crippen molar-refractivity contribution >= 4 is 0 Å². The quantitative estimate of drug-likeness (QED) is 0.342. The molecule has 1 fully saturated rings. The molecule has 0 amide bonds. The summed E-state index contributed by atoms with van der Waals surface area (Å²) in [6.45, 7) is 16.1. The Morgan fingerprint density at radius 3 is 2.35 bits per heavy atom. The van der Waals surface area contributed by atoms with Gasteiger partial charge in [-0.2, -0.15) is 0 Å². The lowest BCUT2D eigenvalue weighted by atomic mass is 9.72. The van der Waals surface area contributed by atoms with Crippen molar-refractivity contribution in [1.29, 1.82) is 0 Å². The second kappa shape index (κ2) is 12.2. The molecule has 1 aliphatic heterocycles. The highest BCUT2D eigenvalue weighted by molar-refractivity contribution is 5.54. The standard InChI is InChI=1S/C29H45NO4/c1-21(2)24-10-9-22(20-31)17-25(24)28-26(32-5)18-23(19-27(28)33-6)29(3,4)11-7-8-12-30-13-15-34-16-14-30/h17-19,24-25,31H,1,7-16,20H2,2-6H3/t24-,25+/m1/s1. The lowest BCUT2D eigenvalue weighted by Crippen LogP contribution is -2.36. The first-order chi connectivity index (χ1) is 16.3. The Balaban J connectivity index is 1.82. The number of hydrogen-bond donors (Lipinski definition) is 1. The first-order valence-electron chi connectivity index (χ1n) is 12.8. The maximum absolute atomic E-state index is 9.81. The number of aliphatic hydroxyl groups is 1. The third kappa shape index (κ3) is 6.44. The first kappa shape index (κ1) is 26.8. The minimum atomic E-state index is 0.0104. The molecule has 0 aromatic heterocycles. The van der Waals surface area contributed by atoms with Crippen LogP contribution in [-0.4, -0.2) is 63.7 Å². The van der Waals surface area contributed by atoms with Crippen molar-refractivity contribution in [1.82, 2.24) is 4.90 Å². The zero-order valence-electron chi connectivity index (χ0n) is 22.0. The fraction of sp³-hybridized carbons (Fsp3) is 0.655. The molecule has 0 saturated carbocycles. The average Bonchev–Trinajstić information content (AvgIpc) is 2.85. The molecule has 0 radical (unpaired) electrons. The van der Waals surface area contributed by atoms with Crippen LogP contribution in [0.4, 0.5) is 0 Å². The molecule has 3 rings (SSSR count). The van der Waals surface area contributed by atoms with Gasteiger partial charge in [0.15, 0.2) is 0 Å². The molecule has 2 atom stereocenters. The number of methoxy groups -OCH3 is 2. The molecule has 1 aliphatic carbocycles. The molecule has 5 heteroatoms. The SMILES string of the molecule is C=C(C)[C@H]1CCC(CO)=C[C@@H]1c1c(OC)cc(C(C)(C)CCCCN2CCOCC2)cc1OC. The number of morpholine rings is 1.